The van der Waals surface area contributed by atoms with Gasteiger partial charge in [0.2, 0.25) is 10.0 Å². The molecule has 1 aromatic carbocycles. The van der Waals surface area contributed by atoms with Crippen molar-refractivity contribution in [3.05, 3.63) is 23.2 Å². The van der Waals surface area contributed by atoms with Gasteiger partial charge in [-0.05, 0) is 31.5 Å². The minimum atomic E-state index is -3.67. The van der Waals surface area contributed by atoms with Crippen LogP contribution >= 0.6 is 11.6 Å². The predicted molar refractivity (Wildman–Crippen MR) is 74.6 cm³/mol. The van der Waals surface area contributed by atoms with Crippen LogP contribution in [0.15, 0.2) is 23.1 Å². The van der Waals surface area contributed by atoms with E-state index in [4.69, 9.17) is 22.1 Å². The number of nitrogens with two attached hydrogens (primary N) is 1. The summed E-state index contributed by atoms with van der Waals surface area (Å²) in [5.74, 6) is 0. The highest BCUT2D eigenvalue weighted by atomic mass is 35.5. The van der Waals surface area contributed by atoms with Crippen molar-refractivity contribution in [2.24, 2.45) is 0 Å². The summed E-state index contributed by atoms with van der Waals surface area (Å²) in [5, 5.41) is 0.174. The summed E-state index contributed by atoms with van der Waals surface area (Å²) in [6.45, 7) is 2.43. The highest BCUT2D eigenvalue weighted by Gasteiger charge is 2.36. The minimum Gasteiger partial charge on any atom is -0.399 e. The molecule has 2 unspecified atom stereocenters. The lowest BCUT2D eigenvalue weighted by molar-refractivity contribution is 0.102. The van der Waals surface area contributed by atoms with Gasteiger partial charge in [-0.2, -0.15) is 4.31 Å². The summed E-state index contributed by atoms with van der Waals surface area (Å²) in [5.41, 5.74) is 6.01. The zero-order chi connectivity index (χ0) is 14.2. The standard InChI is InChI=1S/C12H17ClN2O3S/c1-8-11(5-6-18-8)15(2)19(16,17)12-7-9(14)3-4-10(12)13/h3-4,7-8,11H,5-6,14H2,1-2H3. The van der Waals surface area contributed by atoms with E-state index < -0.39 is 10.0 Å². The van der Waals surface area contributed by atoms with E-state index in [1.807, 2.05) is 6.92 Å². The van der Waals surface area contributed by atoms with Crippen LogP contribution in [-0.2, 0) is 14.8 Å². The van der Waals surface area contributed by atoms with E-state index in [1.165, 1.54) is 16.4 Å². The molecule has 1 fully saturated rings. The van der Waals surface area contributed by atoms with Gasteiger partial charge in [-0.15, -0.1) is 0 Å². The number of halogens is 1. The van der Waals surface area contributed by atoms with Crippen LogP contribution in [0.5, 0.6) is 0 Å². The van der Waals surface area contributed by atoms with Gasteiger partial charge in [-0.3, -0.25) is 0 Å². The molecule has 1 heterocycles. The smallest absolute Gasteiger partial charge is 0.244 e. The molecule has 2 rings (SSSR count). The molecule has 0 amide bonds. The Morgan fingerprint density at radius 3 is 2.74 bits per heavy atom. The van der Waals surface area contributed by atoms with Gasteiger partial charge in [0.05, 0.1) is 17.2 Å². The Balaban J connectivity index is 2.39. The molecule has 2 atom stereocenters. The second-order valence-corrected chi connectivity index (χ2v) is 7.02. The Hall–Kier alpha value is -0.820. The number of rotatable bonds is 3. The van der Waals surface area contributed by atoms with Crippen molar-refractivity contribution in [3.8, 4) is 0 Å². The first kappa shape index (κ1) is 14.6. The zero-order valence-electron chi connectivity index (χ0n) is 10.8. The van der Waals surface area contributed by atoms with Gasteiger partial charge in [0.1, 0.15) is 4.90 Å². The van der Waals surface area contributed by atoms with E-state index in [0.29, 0.717) is 18.7 Å². The van der Waals surface area contributed by atoms with Gasteiger partial charge in [-0.1, -0.05) is 11.6 Å². The first-order valence-electron chi connectivity index (χ1n) is 5.98. The SMILES string of the molecule is CC1OCCC1N(C)S(=O)(=O)c1cc(N)ccc1Cl. The number of nitrogens with zero attached hydrogens (tertiary/aromatic N) is 1. The number of likely N-dealkylation sites (N-methyl/N-ethyl adjacent to an activating group) is 1. The molecule has 0 aromatic heterocycles. The van der Waals surface area contributed by atoms with Crippen molar-refractivity contribution in [1.82, 2.24) is 4.31 Å². The Kier molecular flexibility index (Phi) is 4.06. The number of hydrogen-bond acceptors (Lipinski definition) is 4. The Bertz CT molecular complexity index is 576. The zero-order valence-corrected chi connectivity index (χ0v) is 12.4. The van der Waals surface area contributed by atoms with Crippen LogP contribution < -0.4 is 5.73 Å². The van der Waals surface area contributed by atoms with E-state index in [2.05, 4.69) is 0 Å². The molecule has 5 nitrogen and oxygen atoms in total. The quantitative estimate of drug-likeness (QED) is 0.863. The lowest BCUT2D eigenvalue weighted by Crippen LogP contribution is -2.41. The summed E-state index contributed by atoms with van der Waals surface area (Å²) in [4.78, 5) is 0.0377. The monoisotopic (exact) mass is 304 g/mol. The number of nitrogen functional groups attached to an aromatic ring is 1. The molecular weight excluding hydrogens is 288 g/mol. The van der Waals surface area contributed by atoms with Crippen molar-refractivity contribution >= 4 is 27.3 Å². The third-order valence-electron chi connectivity index (χ3n) is 3.42. The van der Waals surface area contributed by atoms with Crippen LogP contribution in [0.1, 0.15) is 13.3 Å². The third kappa shape index (κ3) is 2.72. The Morgan fingerprint density at radius 2 is 2.16 bits per heavy atom. The summed E-state index contributed by atoms with van der Waals surface area (Å²) < 4.78 is 31.9. The molecule has 0 saturated carbocycles. The van der Waals surface area contributed by atoms with Crippen LogP contribution in [-0.4, -0.2) is 38.5 Å². The van der Waals surface area contributed by atoms with E-state index in [-0.39, 0.29) is 22.1 Å². The molecule has 106 valence electrons. The van der Waals surface area contributed by atoms with Gasteiger partial charge in [0, 0.05) is 19.3 Å². The molecular formula is C12H17ClN2O3S. The average molecular weight is 305 g/mol. The molecule has 0 spiro atoms. The molecule has 1 saturated heterocycles. The van der Waals surface area contributed by atoms with E-state index in [1.54, 1.807) is 13.1 Å². The summed E-state index contributed by atoms with van der Waals surface area (Å²) in [6.07, 6.45) is 0.552. The van der Waals surface area contributed by atoms with Crippen molar-refractivity contribution in [2.75, 3.05) is 19.4 Å². The van der Waals surface area contributed by atoms with Gasteiger partial charge in [0.25, 0.3) is 0 Å². The predicted octanol–water partition coefficient (Wildman–Crippen LogP) is 1.72. The normalized spacial score (nSPS) is 24.0. The largest absolute Gasteiger partial charge is 0.399 e. The highest BCUT2D eigenvalue weighted by molar-refractivity contribution is 7.89. The van der Waals surface area contributed by atoms with Crippen molar-refractivity contribution in [3.63, 3.8) is 0 Å². The molecule has 1 aliphatic heterocycles. The number of benzene rings is 1. The van der Waals surface area contributed by atoms with E-state index in [0.717, 1.165) is 0 Å². The van der Waals surface area contributed by atoms with Gasteiger partial charge in [0.15, 0.2) is 0 Å². The van der Waals surface area contributed by atoms with Crippen molar-refractivity contribution in [1.29, 1.82) is 0 Å². The van der Waals surface area contributed by atoms with Crippen LogP contribution in [0.3, 0.4) is 0 Å². The maximum Gasteiger partial charge on any atom is 0.244 e. The molecule has 2 N–H and O–H groups in total. The summed E-state index contributed by atoms with van der Waals surface area (Å²) in [7, 11) is -2.12. The number of hydrogen-bond donors (Lipinski definition) is 1. The first-order chi connectivity index (χ1) is 8.84. The molecule has 0 aliphatic carbocycles. The second-order valence-electron chi connectivity index (χ2n) is 4.64. The van der Waals surface area contributed by atoms with Gasteiger partial charge < -0.3 is 10.5 Å². The molecule has 1 aromatic rings. The van der Waals surface area contributed by atoms with Crippen LogP contribution in [0.25, 0.3) is 0 Å². The fraction of sp³-hybridized carbons (Fsp3) is 0.500. The average Bonchev–Trinajstić information content (AvgIpc) is 2.77. The van der Waals surface area contributed by atoms with Crippen molar-refractivity contribution in [2.45, 2.75) is 30.4 Å². The maximum atomic E-state index is 12.6. The molecule has 0 bridgehead atoms. The Morgan fingerprint density at radius 1 is 1.47 bits per heavy atom. The Labute approximate surface area is 118 Å². The summed E-state index contributed by atoms with van der Waals surface area (Å²) in [6, 6.07) is 4.27. The van der Waals surface area contributed by atoms with Crippen LogP contribution in [0.4, 0.5) is 5.69 Å². The first-order valence-corrected chi connectivity index (χ1v) is 7.80. The van der Waals surface area contributed by atoms with Crippen molar-refractivity contribution < 1.29 is 13.2 Å². The number of ether oxygens (including phenoxy) is 1. The highest BCUT2D eigenvalue weighted by Crippen LogP contribution is 2.30. The maximum absolute atomic E-state index is 12.6. The fourth-order valence-corrected chi connectivity index (χ4v) is 4.20. The van der Waals surface area contributed by atoms with Crippen LogP contribution in [0, 0.1) is 0 Å². The van der Waals surface area contributed by atoms with E-state index >= 15 is 0 Å². The molecule has 0 radical (unpaired) electrons. The van der Waals surface area contributed by atoms with E-state index in [9.17, 15) is 8.42 Å². The lowest BCUT2D eigenvalue weighted by atomic mass is 10.2. The van der Waals surface area contributed by atoms with Gasteiger partial charge in [-0.25, -0.2) is 8.42 Å². The van der Waals surface area contributed by atoms with Crippen LogP contribution in [0.2, 0.25) is 5.02 Å². The molecule has 7 heteroatoms. The topological polar surface area (TPSA) is 72.6 Å². The second kappa shape index (κ2) is 5.28. The molecule has 19 heavy (non-hydrogen) atoms. The number of sulfonamides is 1. The fourth-order valence-electron chi connectivity index (χ4n) is 2.25. The van der Waals surface area contributed by atoms with Gasteiger partial charge >= 0.3 is 0 Å². The molecule has 1 aliphatic rings. The third-order valence-corrected chi connectivity index (χ3v) is 5.78. The minimum absolute atomic E-state index is 0.0377. The number of anilines is 1. The lowest BCUT2D eigenvalue weighted by Gasteiger charge is -2.26. The summed E-state index contributed by atoms with van der Waals surface area (Å²) >= 11 is 5.98.